The van der Waals surface area contributed by atoms with Crippen molar-refractivity contribution in [1.82, 2.24) is 20.1 Å². The third kappa shape index (κ3) is 3.95. The number of anilines is 1. The Labute approximate surface area is 133 Å². The summed E-state index contributed by atoms with van der Waals surface area (Å²) in [5.41, 5.74) is 0.711. The van der Waals surface area contributed by atoms with Gasteiger partial charge in [-0.1, -0.05) is 17.4 Å². The first-order chi connectivity index (χ1) is 10.9. The van der Waals surface area contributed by atoms with E-state index in [1.165, 1.54) is 0 Å². The molecule has 0 saturated heterocycles. The monoisotopic (exact) mass is 343 g/mol. The Bertz CT molecular complexity index is 686. The number of nitrogens with one attached hydrogen (secondary N) is 1. The SMILES string of the molecule is O=C(Nc1nnc(C(F)(F)F)s1)N(Cc1ccccn1)C1CC1. The minimum absolute atomic E-state index is 0.0759. The van der Waals surface area contributed by atoms with Gasteiger partial charge in [-0.2, -0.15) is 13.2 Å². The Hall–Kier alpha value is -2.23. The molecule has 0 atom stereocenters. The number of alkyl halides is 3. The molecule has 122 valence electrons. The zero-order valence-electron chi connectivity index (χ0n) is 11.7. The second-order valence-corrected chi connectivity index (χ2v) is 6.00. The van der Waals surface area contributed by atoms with Crippen LogP contribution in [-0.2, 0) is 12.7 Å². The highest BCUT2D eigenvalue weighted by molar-refractivity contribution is 7.15. The topological polar surface area (TPSA) is 71.0 Å². The summed E-state index contributed by atoms with van der Waals surface area (Å²) in [5.74, 6) is 0. The molecule has 0 spiro atoms. The lowest BCUT2D eigenvalue weighted by Crippen LogP contribution is -2.36. The van der Waals surface area contributed by atoms with Crippen LogP contribution in [0.3, 0.4) is 0 Å². The Morgan fingerprint density at radius 2 is 2.13 bits per heavy atom. The lowest BCUT2D eigenvalue weighted by Gasteiger charge is -2.21. The maximum absolute atomic E-state index is 12.5. The Morgan fingerprint density at radius 3 is 2.70 bits per heavy atom. The van der Waals surface area contributed by atoms with Crippen LogP contribution in [0.25, 0.3) is 0 Å². The predicted octanol–water partition coefficient (Wildman–Crippen LogP) is 3.15. The van der Waals surface area contributed by atoms with Gasteiger partial charge in [-0.05, 0) is 25.0 Å². The van der Waals surface area contributed by atoms with Crippen LogP contribution in [0.2, 0.25) is 0 Å². The van der Waals surface area contributed by atoms with Crippen LogP contribution in [0.4, 0.5) is 23.1 Å². The molecule has 6 nitrogen and oxygen atoms in total. The standard InChI is InChI=1S/C13H12F3N5OS/c14-13(15,16)10-19-20-11(23-10)18-12(22)21(9-4-5-9)7-8-3-1-2-6-17-8/h1-3,6,9H,4-5,7H2,(H,18,20,22). The van der Waals surface area contributed by atoms with Crippen LogP contribution in [0.1, 0.15) is 23.5 Å². The van der Waals surface area contributed by atoms with Crippen molar-refractivity contribution in [3.05, 3.63) is 35.1 Å². The fraction of sp³-hybridized carbons (Fsp3) is 0.385. The lowest BCUT2D eigenvalue weighted by molar-refractivity contribution is -0.138. The molecule has 2 amide bonds. The van der Waals surface area contributed by atoms with Crippen LogP contribution < -0.4 is 5.32 Å². The average Bonchev–Trinajstić information content (AvgIpc) is 3.23. The Balaban J connectivity index is 1.68. The predicted molar refractivity (Wildman–Crippen MR) is 76.7 cm³/mol. The van der Waals surface area contributed by atoms with Crippen molar-refractivity contribution < 1.29 is 18.0 Å². The summed E-state index contributed by atoms with van der Waals surface area (Å²) in [4.78, 5) is 18.0. The third-order valence-corrected chi connectivity index (χ3v) is 4.07. The molecule has 3 rings (SSSR count). The summed E-state index contributed by atoms with van der Waals surface area (Å²) in [6.07, 6.45) is -1.21. The summed E-state index contributed by atoms with van der Waals surface area (Å²) < 4.78 is 37.5. The van der Waals surface area contributed by atoms with Gasteiger partial charge in [-0.25, -0.2) is 4.79 Å². The number of nitrogens with zero attached hydrogens (tertiary/aromatic N) is 4. The van der Waals surface area contributed by atoms with Crippen molar-refractivity contribution in [3.8, 4) is 0 Å². The number of pyridine rings is 1. The fourth-order valence-electron chi connectivity index (χ4n) is 1.97. The quantitative estimate of drug-likeness (QED) is 0.926. The second kappa shape index (κ2) is 6.11. The highest BCUT2D eigenvalue weighted by atomic mass is 32.1. The molecular weight excluding hydrogens is 331 g/mol. The van der Waals surface area contributed by atoms with Gasteiger partial charge in [0.15, 0.2) is 0 Å². The van der Waals surface area contributed by atoms with Crippen molar-refractivity contribution in [2.75, 3.05) is 5.32 Å². The first-order valence-electron chi connectivity index (χ1n) is 6.82. The molecule has 23 heavy (non-hydrogen) atoms. The molecule has 1 aliphatic rings. The number of rotatable bonds is 4. The average molecular weight is 343 g/mol. The van der Waals surface area contributed by atoms with E-state index >= 15 is 0 Å². The van der Waals surface area contributed by atoms with Crippen molar-refractivity contribution in [1.29, 1.82) is 0 Å². The zero-order chi connectivity index (χ0) is 16.4. The molecule has 0 bridgehead atoms. The number of aromatic nitrogens is 3. The zero-order valence-corrected chi connectivity index (χ0v) is 12.6. The van der Waals surface area contributed by atoms with Crippen molar-refractivity contribution in [2.45, 2.75) is 31.6 Å². The summed E-state index contributed by atoms with van der Waals surface area (Å²) in [6.45, 7) is 0.294. The van der Waals surface area contributed by atoms with E-state index in [0.29, 0.717) is 23.6 Å². The molecule has 0 unspecified atom stereocenters. The van der Waals surface area contributed by atoms with Gasteiger partial charge in [0.2, 0.25) is 10.1 Å². The van der Waals surface area contributed by atoms with Crippen LogP contribution in [-0.4, -0.2) is 32.2 Å². The van der Waals surface area contributed by atoms with Gasteiger partial charge < -0.3 is 4.90 Å². The van der Waals surface area contributed by atoms with Crippen LogP contribution in [0.15, 0.2) is 24.4 Å². The maximum atomic E-state index is 12.5. The van der Waals surface area contributed by atoms with E-state index < -0.39 is 17.2 Å². The third-order valence-electron chi connectivity index (χ3n) is 3.19. The van der Waals surface area contributed by atoms with E-state index in [-0.39, 0.29) is 11.2 Å². The summed E-state index contributed by atoms with van der Waals surface area (Å²) in [7, 11) is 0. The molecule has 2 heterocycles. The molecule has 1 aliphatic carbocycles. The second-order valence-electron chi connectivity index (χ2n) is 5.02. The normalized spacial score (nSPS) is 14.6. The first kappa shape index (κ1) is 15.7. The minimum atomic E-state index is -4.56. The maximum Gasteiger partial charge on any atom is 0.445 e. The number of carbonyl (C=O) groups is 1. The van der Waals surface area contributed by atoms with E-state index in [1.54, 1.807) is 23.2 Å². The molecule has 1 fully saturated rings. The summed E-state index contributed by atoms with van der Waals surface area (Å²) >= 11 is 0.303. The van der Waals surface area contributed by atoms with Gasteiger partial charge >= 0.3 is 12.2 Å². The minimum Gasteiger partial charge on any atom is -0.316 e. The molecule has 1 saturated carbocycles. The number of halogens is 3. The van der Waals surface area contributed by atoms with E-state index in [0.717, 1.165) is 12.8 Å². The number of urea groups is 1. The Morgan fingerprint density at radius 1 is 1.35 bits per heavy atom. The van der Waals surface area contributed by atoms with Gasteiger partial charge in [-0.15, -0.1) is 10.2 Å². The summed E-state index contributed by atoms with van der Waals surface area (Å²) in [5, 5.41) is 7.53. The smallest absolute Gasteiger partial charge is 0.316 e. The number of hydrogen-bond donors (Lipinski definition) is 1. The number of amides is 2. The highest BCUT2D eigenvalue weighted by Crippen LogP contribution is 2.34. The number of hydrogen-bond acceptors (Lipinski definition) is 5. The van der Waals surface area contributed by atoms with E-state index in [1.807, 2.05) is 6.07 Å². The van der Waals surface area contributed by atoms with Gasteiger partial charge in [0, 0.05) is 12.2 Å². The first-order valence-corrected chi connectivity index (χ1v) is 7.63. The van der Waals surface area contributed by atoms with E-state index in [4.69, 9.17) is 0 Å². The fourth-order valence-corrected chi connectivity index (χ4v) is 2.57. The van der Waals surface area contributed by atoms with Crippen molar-refractivity contribution in [3.63, 3.8) is 0 Å². The van der Waals surface area contributed by atoms with E-state index in [9.17, 15) is 18.0 Å². The molecule has 0 radical (unpaired) electrons. The van der Waals surface area contributed by atoms with E-state index in [2.05, 4.69) is 20.5 Å². The molecular formula is C13H12F3N5OS. The largest absolute Gasteiger partial charge is 0.445 e. The lowest BCUT2D eigenvalue weighted by atomic mass is 10.3. The van der Waals surface area contributed by atoms with Crippen LogP contribution in [0, 0.1) is 0 Å². The number of carbonyl (C=O) groups excluding carboxylic acids is 1. The van der Waals surface area contributed by atoms with Gasteiger partial charge in [-0.3, -0.25) is 10.3 Å². The molecule has 0 aromatic carbocycles. The van der Waals surface area contributed by atoms with Crippen molar-refractivity contribution in [2.24, 2.45) is 0 Å². The van der Waals surface area contributed by atoms with Gasteiger partial charge in [0.05, 0.1) is 12.2 Å². The van der Waals surface area contributed by atoms with Crippen molar-refractivity contribution >= 4 is 22.5 Å². The highest BCUT2D eigenvalue weighted by Gasteiger charge is 2.37. The molecule has 0 aliphatic heterocycles. The Kier molecular flexibility index (Phi) is 4.16. The van der Waals surface area contributed by atoms with Gasteiger partial charge in [0.25, 0.3) is 0 Å². The molecule has 10 heteroatoms. The van der Waals surface area contributed by atoms with Crippen LogP contribution in [0.5, 0.6) is 0 Å². The molecule has 2 aromatic rings. The van der Waals surface area contributed by atoms with Crippen LogP contribution >= 0.6 is 11.3 Å². The summed E-state index contributed by atoms with van der Waals surface area (Å²) in [6, 6.07) is 4.95. The molecule has 1 N–H and O–H groups in total. The van der Waals surface area contributed by atoms with Gasteiger partial charge in [0.1, 0.15) is 0 Å². The molecule has 2 aromatic heterocycles.